The number of fused-ring (bicyclic) bond motifs is 9. The SMILES string of the molecule is CC1(C)c2ccccc2-c2c1ccc1c2N(c2ccccc2)c2cc(-c3cccc4c3sc3ccccc34)ccc2N1c1ccccc1. The van der Waals surface area contributed by atoms with E-state index >= 15 is 0 Å². The van der Waals surface area contributed by atoms with Crippen molar-refractivity contribution in [1.29, 1.82) is 0 Å². The fourth-order valence-corrected chi connectivity index (χ4v) is 9.39. The molecule has 10 rings (SSSR count). The van der Waals surface area contributed by atoms with Crippen LogP contribution in [0.25, 0.3) is 42.4 Å². The van der Waals surface area contributed by atoms with Crippen molar-refractivity contribution in [2.45, 2.75) is 19.3 Å². The third-order valence-corrected chi connectivity index (χ3v) is 11.6. The third kappa shape index (κ3) is 3.79. The van der Waals surface area contributed by atoms with Gasteiger partial charge in [-0.15, -0.1) is 11.3 Å². The molecule has 3 heteroatoms. The Bertz CT molecular complexity index is 2550. The van der Waals surface area contributed by atoms with Crippen molar-refractivity contribution in [3.8, 4) is 22.3 Å². The Hall–Kier alpha value is -5.64. The number of hydrogen-bond acceptors (Lipinski definition) is 3. The van der Waals surface area contributed by atoms with Gasteiger partial charge in [0, 0.05) is 42.5 Å². The molecule has 0 saturated carbocycles. The summed E-state index contributed by atoms with van der Waals surface area (Å²) in [6.45, 7) is 4.73. The average molecular weight is 633 g/mol. The highest BCUT2D eigenvalue weighted by molar-refractivity contribution is 7.26. The minimum atomic E-state index is -0.111. The van der Waals surface area contributed by atoms with Gasteiger partial charge in [-0.1, -0.05) is 123 Å². The largest absolute Gasteiger partial charge is 0.306 e. The van der Waals surface area contributed by atoms with Crippen molar-refractivity contribution >= 4 is 65.6 Å². The molecule has 0 fully saturated rings. The monoisotopic (exact) mass is 632 g/mol. The summed E-state index contributed by atoms with van der Waals surface area (Å²) < 4.78 is 2.66. The fourth-order valence-electron chi connectivity index (χ4n) is 8.16. The molecule has 228 valence electrons. The van der Waals surface area contributed by atoms with Crippen molar-refractivity contribution in [3.05, 3.63) is 169 Å². The van der Waals surface area contributed by atoms with E-state index in [4.69, 9.17) is 0 Å². The molecule has 48 heavy (non-hydrogen) atoms. The molecule has 1 aromatic heterocycles. The van der Waals surface area contributed by atoms with Crippen LogP contribution >= 0.6 is 11.3 Å². The molecule has 0 amide bonds. The number of para-hydroxylation sites is 2. The standard InChI is InChI=1S/C45H32N2S/c1-45(2)36-22-11-9-19-35(36)42-37(45)25-27-39-43(42)47(31-16-7-4-8-17-31)40-28-29(24-26-38(40)46(39)30-14-5-3-6-15-30)32-20-13-21-34-33-18-10-12-23-41(33)48-44(32)34/h3-28H,1-2H3. The van der Waals surface area contributed by atoms with Crippen LogP contribution in [0.5, 0.6) is 0 Å². The van der Waals surface area contributed by atoms with E-state index < -0.39 is 0 Å². The predicted octanol–water partition coefficient (Wildman–Crippen LogP) is 13.3. The molecule has 8 aromatic rings. The zero-order valence-corrected chi connectivity index (χ0v) is 27.6. The molecule has 0 spiro atoms. The van der Waals surface area contributed by atoms with Crippen LogP contribution in [0.2, 0.25) is 0 Å². The lowest BCUT2D eigenvalue weighted by Crippen LogP contribution is -2.25. The minimum Gasteiger partial charge on any atom is -0.306 e. The summed E-state index contributed by atoms with van der Waals surface area (Å²) >= 11 is 1.89. The molecule has 0 atom stereocenters. The second kappa shape index (κ2) is 10.2. The summed E-state index contributed by atoms with van der Waals surface area (Å²) in [4.78, 5) is 4.98. The van der Waals surface area contributed by atoms with Gasteiger partial charge in [0.25, 0.3) is 0 Å². The van der Waals surface area contributed by atoms with Gasteiger partial charge < -0.3 is 9.80 Å². The normalized spacial score (nSPS) is 14.1. The molecule has 0 bridgehead atoms. The van der Waals surface area contributed by atoms with Gasteiger partial charge in [0.15, 0.2) is 0 Å². The lowest BCUT2D eigenvalue weighted by molar-refractivity contribution is 0.660. The van der Waals surface area contributed by atoms with E-state index in [-0.39, 0.29) is 5.41 Å². The van der Waals surface area contributed by atoms with Crippen molar-refractivity contribution < 1.29 is 0 Å². The highest BCUT2D eigenvalue weighted by Gasteiger charge is 2.42. The first-order valence-electron chi connectivity index (χ1n) is 16.6. The molecule has 0 radical (unpaired) electrons. The zero-order chi connectivity index (χ0) is 32.0. The van der Waals surface area contributed by atoms with Gasteiger partial charge in [-0.2, -0.15) is 0 Å². The number of rotatable bonds is 3. The Morgan fingerprint density at radius 3 is 1.94 bits per heavy atom. The summed E-state index contributed by atoms with van der Waals surface area (Å²) in [7, 11) is 0. The van der Waals surface area contributed by atoms with E-state index in [1.54, 1.807) is 0 Å². The molecule has 0 saturated heterocycles. The number of benzene rings is 7. The molecule has 2 aliphatic rings. The molecular formula is C45H32N2S. The summed E-state index contributed by atoms with van der Waals surface area (Å²) in [5.41, 5.74) is 14.8. The average Bonchev–Trinajstić information content (AvgIpc) is 3.63. The van der Waals surface area contributed by atoms with Crippen LogP contribution in [0.1, 0.15) is 25.0 Å². The summed E-state index contributed by atoms with van der Waals surface area (Å²) in [5.74, 6) is 0. The first-order chi connectivity index (χ1) is 23.6. The van der Waals surface area contributed by atoms with Gasteiger partial charge in [-0.05, 0) is 76.3 Å². The highest BCUT2D eigenvalue weighted by Crippen LogP contribution is 2.62. The number of thiophene rings is 1. The number of hydrogen-bond donors (Lipinski definition) is 0. The summed E-state index contributed by atoms with van der Waals surface area (Å²) in [5, 5.41) is 2.64. The van der Waals surface area contributed by atoms with Crippen LogP contribution in [0.15, 0.2) is 158 Å². The third-order valence-electron chi connectivity index (χ3n) is 10.4. The first-order valence-corrected chi connectivity index (χ1v) is 17.4. The van der Waals surface area contributed by atoms with Crippen LogP contribution in [0.3, 0.4) is 0 Å². The molecule has 0 N–H and O–H groups in total. The van der Waals surface area contributed by atoms with Gasteiger partial charge in [-0.25, -0.2) is 0 Å². The first kappa shape index (κ1) is 27.5. The van der Waals surface area contributed by atoms with Crippen molar-refractivity contribution in [3.63, 3.8) is 0 Å². The Morgan fingerprint density at radius 1 is 0.479 bits per heavy atom. The minimum absolute atomic E-state index is 0.111. The summed E-state index contributed by atoms with van der Waals surface area (Å²) in [6, 6.07) is 58.0. The van der Waals surface area contributed by atoms with Gasteiger partial charge in [0.2, 0.25) is 0 Å². The van der Waals surface area contributed by atoms with Gasteiger partial charge in [-0.3, -0.25) is 0 Å². The fraction of sp³-hybridized carbons (Fsp3) is 0.0667. The second-order valence-corrected chi connectivity index (χ2v) is 14.4. The van der Waals surface area contributed by atoms with E-state index in [1.165, 1.54) is 70.6 Å². The molecule has 2 nitrogen and oxygen atoms in total. The lowest BCUT2D eigenvalue weighted by Gasteiger charge is -2.42. The number of nitrogens with zero attached hydrogens (tertiary/aromatic N) is 2. The van der Waals surface area contributed by atoms with Crippen LogP contribution in [0, 0.1) is 0 Å². The Balaban J connectivity index is 1.30. The van der Waals surface area contributed by atoms with E-state index in [9.17, 15) is 0 Å². The van der Waals surface area contributed by atoms with Crippen molar-refractivity contribution in [1.82, 2.24) is 0 Å². The van der Waals surface area contributed by atoms with Crippen molar-refractivity contribution in [2.24, 2.45) is 0 Å². The maximum Gasteiger partial charge on any atom is 0.0785 e. The molecule has 1 aliphatic carbocycles. The van der Waals surface area contributed by atoms with E-state index in [2.05, 4.69) is 181 Å². The Labute approximate surface area is 284 Å². The van der Waals surface area contributed by atoms with Gasteiger partial charge in [0.05, 0.1) is 22.7 Å². The topological polar surface area (TPSA) is 6.48 Å². The zero-order valence-electron chi connectivity index (χ0n) is 26.8. The smallest absolute Gasteiger partial charge is 0.0785 e. The van der Waals surface area contributed by atoms with Crippen LogP contribution < -0.4 is 9.80 Å². The van der Waals surface area contributed by atoms with E-state index in [0.29, 0.717) is 0 Å². The summed E-state index contributed by atoms with van der Waals surface area (Å²) in [6.07, 6.45) is 0. The van der Waals surface area contributed by atoms with Gasteiger partial charge in [0.1, 0.15) is 0 Å². The van der Waals surface area contributed by atoms with Crippen LogP contribution in [-0.4, -0.2) is 0 Å². The second-order valence-electron chi connectivity index (χ2n) is 13.4. The van der Waals surface area contributed by atoms with Gasteiger partial charge >= 0.3 is 0 Å². The molecule has 7 aromatic carbocycles. The van der Waals surface area contributed by atoms with Crippen molar-refractivity contribution in [2.75, 3.05) is 9.80 Å². The van der Waals surface area contributed by atoms with E-state index in [0.717, 1.165) is 17.1 Å². The maximum absolute atomic E-state index is 2.52. The molecular weight excluding hydrogens is 601 g/mol. The predicted molar refractivity (Wildman–Crippen MR) is 205 cm³/mol. The maximum atomic E-state index is 2.52. The molecule has 0 unspecified atom stereocenters. The quantitative estimate of drug-likeness (QED) is 0.191. The Morgan fingerprint density at radius 2 is 1.12 bits per heavy atom. The van der Waals surface area contributed by atoms with Crippen LogP contribution in [0.4, 0.5) is 34.1 Å². The highest BCUT2D eigenvalue weighted by atomic mass is 32.1. The number of anilines is 6. The van der Waals surface area contributed by atoms with E-state index in [1.807, 2.05) is 11.3 Å². The molecule has 2 heterocycles. The molecule has 1 aliphatic heterocycles. The lowest BCUT2D eigenvalue weighted by atomic mass is 9.82. The Kier molecular flexibility index (Phi) is 5.82. The van der Waals surface area contributed by atoms with Crippen LogP contribution in [-0.2, 0) is 5.41 Å².